The van der Waals surface area contributed by atoms with Gasteiger partial charge in [-0.05, 0) is 42.4 Å². The van der Waals surface area contributed by atoms with Gasteiger partial charge in [0.25, 0.3) is 0 Å². The fraction of sp³-hybridized carbons (Fsp3) is 0.500. The van der Waals surface area contributed by atoms with Crippen molar-refractivity contribution in [2.75, 3.05) is 7.05 Å². The third-order valence-electron chi connectivity index (χ3n) is 3.23. The number of thiophene rings is 1. The molecular formula is C16H24N2OS. The number of hydrogen-bond acceptors (Lipinski definition) is 4. The lowest BCUT2D eigenvalue weighted by Gasteiger charge is -2.15. The van der Waals surface area contributed by atoms with Gasteiger partial charge in [0.1, 0.15) is 11.5 Å². The Morgan fingerprint density at radius 2 is 2.15 bits per heavy atom. The molecule has 20 heavy (non-hydrogen) atoms. The molecule has 1 N–H and O–H groups in total. The maximum atomic E-state index is 5.81. The van der Waals surface area contributed by atoms with E-state index in [0.29, 0.717) is 6.04 Å². The Hall–Kier alpha value is -1.10. The number of rotatable bonds is 7. The van der Waals surface area contributed by atoms with E-state index in [1.807, 2.05) is 6.92 Å². The maximum Gasteiger partial charge on any atom is 0.118 e. The first-order valence-electron chi connectivity index (χ1n) is 7.05. The zero-order valence-electron chi connectivity index (χ0n) is 12.8. The van der Waals surface area contributed by atoms with Gasteiger partial charge < -0.3 is 9.73 Å². The molecule has 0 aromatic carbocycles. The van der Waals surface area contributed by atoms with Crippen LogP contribution in [0.3, 0.4) is 0 Å². The number of aryl methyl sites for hydroxylation is 1. The van der Waals surface area contributed by atoms with E-state index < -0.39 is 0 Å². The van der Waals surface area contributed by atoms with Gasteiger partial charge in [0.2, 0.25) is 0 Å². The van der Waals surface area contributed by atoms with Crippen LogP contribution in [0.5, 0.6) is 0 Å². The molecule has 2 rings (SSSR count). The summed E-state index contributed by atoms with van der Waals surface area (Å²) in [5, 5.41) is 7.72. The van der Waals surface area contributed by atoms with Gasteiger partial charge >= 0.3 is 0 Å². The van der Waals surface area contributed by atoms with Crippen molar-refractivity contribution >= 4 is 11.3 Å². The van der Waals surface area contributed by atoms with Crippen LogP contribution >= 0.6 is 11.3 Å². The fourth-order valence-electron chi connectivity index (χ4n) is 2.18. The zero-order chi connectivity index (χ0) is 14.5. The third kappa shape index (κ3) is 4.47. The lowest BCUT2D eigenvalue weighted by Crippen LogP contribution is -2.21. The largest absolute Gasteiger partial charge is 0.465 e. The molecule has 4 heteroatoms. The molecule has 0 spiro atoms. The van der Waals surface area contributed by atoms with E-state index in [4.69, 9.17) is 4.42 Å². The summed E-state index contributed by atoms with van der Waals surface area (Å²) >= 11 is 1.75. The lowest BCUT2D eigenvalue weighted by atomic mass is 10.2. The summed E-state index contributed by atoms with van der Waals surface area (Å²) in [4.78, 5) is 2.32. The van der Waals surface area contributed by atoms with Crippen LogP contribution < -0.4 is 5.32 Å². The predicted octanol–water partition coefficient (Wildman–Crippen LogP) is 3.78. The normalized spacial score (nSPS) is 11.7. The summed E-state index contributed by atoms with van der Waals surface area (Å²) in [6.07, 6.45) is 0. The third-order valence-corrected chi connectivity index (χ3v) is 3.96. The van der Waals surface area contributed by atoms with Crippen LogP contribution in [0.15, 0.2) is 27.3 Å². The molecule has 0 unspecified atom stereocenters. The Kier molecular flexibility index (Phi) is 5.40. The molecular weight excluding hydrogens is 268 g/mol. The van der Waals surface area contributed by atoms with Crippen molar-refractivity contribution in [3.63, 3.8) is 0 Å². The molecule has 3 nitrogen and oxygen atoms in total. The molecule has 0 fully saturated rings. The highest BCUT2D eigenvalue weighted by Crippen LogP contribution is 2.18. The molecule has 0 bridgehead atoms. The summed E-state index contributed by atoms with van der Waals surface area (Å²) in [7, 11) is 2.15. The zero-order valence-corrected chi connectivity index (χ0v) is 13.6. The average Bonchev–Trinajstić information content (AvgIpc) is 2.98. The van der Waals surface area contributed by atoms with E-state index in [9.17, 15) is 0 Å². The van der Waals surface area contributed by atoms with Crippen LogP contribution in [-0.4, -0.2) is 18.0 Å². The first-order valence-corrected chi connectivity index (χ1v) is 8.00. The van der Waals surface area contributed by atoms with Gasteiger partial charge in [0.05, 0.1) is 6.54 Å². The summed E-state index contributed by atoms with van der Waals surface area (Å²) in [5.41, 5.74) is 2.66. The molecule has 0 saturated carbocycles. The van der Waals surface area contributed by atoms with E-state index in [1.54, 1.807) is 11.3 Å². The second-order valence-electron chi connectivity index (χ2n) is 5.63. The van der Waals surface area contributed by atoms with Gasteiger partial charge in [-0.1, -0.05) is 13.8 Å². The highest BCUT2D eigenvalue weighted by molar-refractivity contribution is 7.07. The maximum absolute atomic E-state index is 5.81. The molecule has 2 aromatic heterocycles. The number of hydrogen-bond donors (Lipinski definition) is 1. The minimum atomic E-state index is 0.477. The van der Waals surface area contributed by atoms with Gasteiger partial charge in [-0.3, -0.25) is 4.90 Å². The molecule has 0 saturated heterocycles. The van der Waals surface area contributed by atoms with Crippen LogP contribution in [0.25, 0.3) is 0 Å². The second-order valence-corrected chi connectivity index (χ2v) is 6.41. The highest BCUT2D eigenvalue weighted by Gasteiger charge is 2.10. The van der Waals surface area contributed by atoms with Crippen LogP contribution in [0.1, 0.15) is 36.5 Å². The molecule has 2 heterocycles. The predicted molar refractivity (Wildman–Crippen MR) is 84.9 cm³/mol. The minimum Gasteiger partial charge on any atom is -0.465 e. The van der Waals surface area contributed by atoms with E-state index in [0.717, 1.165) is 31.2 Å². The van der Waals surface area contributed by atoms with E-state index in [-0.39, 0.29) is 0 Å². The average molecular weight is 292 g/mol. The van der Waals surface area contributed by atoms with Crippen molar-refractivity contribution in [2.24, 2.45) is 0 Å². The van der Waals surface area contributed by atoms with Crippen LogP contribution in [0.2, 0.25) is 0 Å². The number of nitrogens with zero attached hydrogens (tertiary/aromatic N) is 1. The standard InChI is InChI=1S/C16H24N2OS/c1-12(2)17-8-16-7-15(13(3)19-16)10-18(4)9-14-5-6-20-11-14/h5-7,11-12,17H,8-10H2,1-4H3. The van der Waals surface area contributed by atoms with Crippen LogP contribution in [-0.2, 0) is 19.6 Å². The molecule has 0 aliphatic rings. The fourth-order valence-corrected chi connectivity index (χ4v) is 2.84. The Bertz CT molecular complexity index is 517. The quantitative estimate of drug-likeness (QED) is 0.842. The smallest absolute Gasteiger partial charge is 0.118 e. The first-order chi connectivity index (χ1) is 9.54. The van der Waals surface area contributed by atoms with Crippen molar-refractivity contribution in [1.82, 2.24) is 10.2 Å². The van der Waals surface area contributed by atoms with Crippen molar-refractivity contribution in [3.8, 4) is 0 Å². The highest BCUT2D eigenvalue weighted by atomic mass is 32.1. The Balaban J connectivity index is 1.91. The van der Waals surface area contributed by atoms with Gasteiger partial charge in [0.15, 0.2) is 0 Å². The molecule has 0 aliphatic carbocycles. The molecule has 0 atom stereocenters. The van der Waals surface area contributed by atoms with E-state index in [2.05, 4.69) is 54.0 Å². The Labute approximate surface area is 125 Å². The first kappa shape index (κ1) is 15.3. The molecule has 2 aromatic rings. The second kappa shape index (κ2) is 7.07. The molecule has 0 amide bonds. The lowest BCUT2D eigenvalue weighted by molar-refractivity contribution is 0.316. The molecule has 0 aliphatic heterocycles. The summed E-state index contributed by atoms with van der Waals surface area (Å²) in [6, 6.07) is 4.83. The van der Waals surface area contributed by atoms with Crippen molar-refractivity contribution < 1.29 is 4.42 Å². The van der Waals surface area contributed by atoms with E-state index >= 15 is 0 Å². The monoisotopic (exact) mass is 292 g/mol. The van der Waals surface area contributed by atoms with Crippen LogP contribution in [0, 0.1) is 6.92 Å². The van der Waals surface area contributed by atoms with Gasteiger partial charge in [0, 0.05) is 24.7 Å². The number of furan rings is 1. The SMILES string of the molecule is Cc1oc(CNC(C)C)cc1CN(C)Cc1ccsc1. The van der Waals surface area contributed by atoms with Crippen molar-refractivity contribution in [3.05, 3.63) is 45.5 Å². The minimum absolute atomic E-state index is 0.477. The summed E-state index contributed by atoms with van der Waals surface area (Å²) in [6.45, 7) is 9.04. The summed E-state index contributed by atoms with van der Waals surface area (Å²) < 4.78 is 5.81. The van der Waals surface area contributed by atoms with Gasteiger partial charge in [-0.2, -0.15) is 11.3 Å². The molecule has 110 valence electrons. The number of nitrogens with one attached hydrogen (secondary N) is 1. The Morgan fingerprint density at radius 3 is 2.80 bits per heavy atom. The van der Waals surface area contributed by atoms with Crippen molar-refractivity contribution in [2.45, 2.75) is 46.4 Å². The van der Waals surface area contributed by atoms with Gasteiger partial charge in [-0.25, -0.2) is 0 Å². The summed E-state index contributed by atoms with van der Waals surface area (Å²) in [5.74, 6) is 2.05. The van der Waals surface area contributed by atoms with Crippen molar-refractivity contribution in [1.29, 1.82) is 0 Å². The van der Waals surface area contributed by atoms with E-state index in [1.165, 1.54) is 11.1 Å². The molecule has 0 radical (unpaired) electrons. The van der Waals surface area contributed by atoms with Crippen LogP contribution in [0.4, 0.5) is 0 Å². The van der Waals surface area contributed by atoms with Gasteiger partial charge in [-0.15, -0.1) is 0 Å². The topological polar surface area (TPSA) is 28.4 Å². The Morgan fingerprint density at radius 1 is 1.35 bits per heavy atom.